The number of hydrogen-bond acceptors (Lipinski definition) is 4. The second kappa shape index (κ2) is 7.74. The summed E-state index contributed by atoms with van der Waals surface area (Å²) in [5.41, 5.74) is 1.30. The second-order valence-corrected chi connectivity index (χ2v) is 8.03. The maximum Gasteiger partial charge on any atom is 0.191 e. The highest BCUT2D eigenvalue weighted by Gasteiger charge is 2.17. The smallest absolute Gasteiger partial charge is 0.191 e. The Balaban J connectivity index is 1.75. The van der Waals surface area contributed by atoms with Gasteiger partial charge in [0.05, 0.1) is 17.2 Å². The molecule has 2 aromatic rings. The summed E-state index contributed by atoms with van der Waals surface area (Å²) in [4.78, 5) is 10.3. The number of hydrogen-bond donors (Lipinski definition) is 2. The molecule has 0 atom stereocenters. The minimum Gasteiger partial charge on any atom is -0.356 e. The van der Waals surface area contributed by atoms with Gasteiger partial charge in [-0.2, -0.15) is 0 Å². The van der Waals surface area contributed by atoms with E-state index in [1.54, 1.807) is 29.7 Å². The van der Waals surface area contributed by atoms with E-state index in [0.717, 1.165) is 25.5 Å². The van der Waals surface area contributed by atoms with E-state index in [1.165, 1.54) is 15.6 Å². The van der Waals surface area contributed by atoms with Gasteiger partial charge in [-0.25, -0.2) is 4.98 Å². The Morgan fingerprint density at radius 3 is 2.68 bits per heavy atom. The molecule has 0 saturated heterocycles. The van der Waals surface area contributed by atoms with Crippen molar-refractivity contribution < 1.29 is 0 Å². The molecule has 2 N–H and O–H groups in total. The normalized spacial score (nSPS) is 12.5. The molecule has 0 bridgehead atoms. The lowest BCUT2D eigenvalue weighted by Gasteiger charge is -2.14. The van der Waals surface area contributed by atoms with E-state index in [9.17, 15) is 0 Å². The number of nitrogens with zero attached hydrogens (tertiary/aromatic N) is 2. The van der Waals surface area contributed by atoms with Crippen molar-refractivity contribution in [1.82, 2.24) is 15.6 Å². The van der Waals surface area contributed by atoms with Crippen LogP contribution in [-0.2, 0) is 18.4 Å². The highest BCUT2D eigenvalue weighted by Crippen LogP contribution is 2.23. The van der Waals surface area contributed by atoms with Crippen LogP contribution < -0.4 is 10.6 Å². The van der Waals surface area contributed by atoms with Crippen molar-refractivity contribution in [3.8, 4) is 0 Å². The van der Waals surface area contributed by atoms with Crippen LogP contribution in [0.5, 0.6) is 0 Å². The maximum atomic E-state index is 4.71. The minimum atomic E-state index is 0.125. The summed E-state index contributed by atoms with van der Waals surface area (Å²) >= 11 is 3.48. The summed E-state index contributed by atoms with van der Waals surface area (Å²) < 4.78 is 0. The predicted octanol–water partition coefficient (Wildman–Crippen LogP) is 3.41. The molecule has 0 aliphatic rings. The van der Waals surface area contributed by atoms with Gasteiger partial charge in [-0.15, -0.1) is 22.7 Å². The Kier molecular flexibility index (Phi) is 5.97. The standard InChI is InChI=1S/C16H24N4S2/c1-16(2,3)13-11-22-14(20-13)7-8-18-15(17-4)19-10-12-6-5-9-21-12/h5-6,9,11H,7-8,10H2,1-4H3,(H2,17,18,19). The number of nitrogens with one attached hydrogen (secondary N) is 2. The van der Waals surface area contributed by atoms with Gasteiger partial charge in [-0.1, -0.05) is 26.8 Å². The maximum absolute atomic E-state index is 4.71. The number of thiophene rings is 1. The fourth-order valence-electron chi connectivity index (χ4n) is 1.86. The lowest BCUT2D eigenvalue weighted by molar-refractivity contribution is 0.570. The molecule has 2 aromatic heterocycles. The van der Waals surface area contributed by atoms with Gasteiger partial charge in [0.1, 0.15) is 0 Å². The third-order valence-corrected chi connectivity index (χ3v) is 4.97. The van der Waals surface area contributed by atoms with E-state index in [2.05, 4.69) is 59.3 Å². The first-order chi connectivity index (χ1) is 10.5. The van der Waals surface area contributed by atoms with Crippen LogP contribution in [0, 0.1) is 0 Å². The summed E-state index contributed by atoms with van der Waals surface area (Å²) in [6.45, 7) is 8.23. The number of guanidine groups is 1. The van der Waals surface area contributed by atoms with Crippen LogP contribution >= 0.6 is 22.7 Å². The molecule has 6 heteroatoms. The summed E-state index contributed by atoms with van der Waals surface area (Å²) in [5, 5.41) is 12.1. The largest absolute Gasteiger partial charge is 0.356 e. The Bertz CT molecular complexity index is 594. The molecular weight excluding hydrogens is 312 g/mol. The highest BCUT2D eigenvalue weighted by molar-refractivity contribution is 7.10. The molecular formula is C16H24N4S2. The first-order valence-electron chi connectivity index (χ1n) is 7.41. The lowest BCUT2D eigenvalue weighted by atomic mass is 9.93. The fraction of sp³-hybridized carbons (Fsp3) is 0.500. The first-order valence-corrected chi connectivity index (χ1v) is 9.17. The summed E-state index contributed by atoms with van der Waals surface area (Å²) in [5.74, 6) is 0.834. The second-order valence-electron chi connectivity index (χ2n) is 6.06. The Hall–Kier alpha value is -1.40. The van der Waals surface area contributed by atoms with Crippen molar-refractivity contribution in [1.29, 1.82) is 0 Å². The van der Waals surface area contributed by atoms with Gasteiger partial charge in [-0.3, -0.25) is 4.99 Å². The molecule has 0 aromatic carbocycles. The molecule has 4 nitrogen and oxygen atoms in total. The summed E-state index contributed by atoms with van der Waals surface area (Å²) in [6.07, 6.45) is 0.917. The Morgan fingerprint density at radius 1 is 1.27 bits per heavy atom. The number of aliphatic imine (C=N–C) groups is 1. The molecule has 0 radical (unpaired) electrons. The van der Waals surface area contributed by atoms with Crippen LogP contribution in [0.25, 0.3) is 0 Å². The van der Waals surface area contributed by atoms with Gasteiger partial charge in [0.25, 0.3) is 0 Å². The zero-order valence-corrected chi connectivity index (χ0v) is 15.3. The molecule has 120 valence electrons. The fourth-order valence-corrected chi connectivity index (χ4v) is 3.53. The van der Waals surface area contributed by atoms with Gasteiger partial charge in [0.15, 0.2) is 5.96 Å². The van der Waals surface area contributed by atoms with Gasteiger partial charge in [-0.05, 0) is 11.4 Å². The van der Waals surface area contributed by atoms with E-state index in [1.807, 2.05) is 0 Å². The lowest BCUT2D eigenvalue weighted by Crippen LogP contribution is -2.37. The molecule has 0 amide bonds. The van der Waals surface area contributed by atoms with Gasteiger partial charge in [0, 0.05) is 35.7 Å². The Morgan fingerprint density at radius 2 is 2.09 bits per heavy atom. The number of aromatic nitrogens is 1. The van der Waals surface area contributed by atoms with Crippen molar-refractivity contribution in [3.05, 3.63) is 38.5 Å². The quantitative estimate of drug-likeness (QED) is 0.650. The van der Waals surface area contributed by atoms with E-state index < -0.39 is 0 Å². The van der Waals surface area contributed by atoms with Crippen LogP contribution in [0.2, 0.25) is 0 Å². The monoisotopic (exact) mass is 336 g/mol. The third kappa shape index (κ3) is 5.10. The molecule has 22 heavy (non-hydrogen) atoms. The number of rotatable bonds is 5. The SMILES string of the molecule is CN=C(NCCc1nc(C(C)(C)C)cs1)NCc1cccs1. The summed E-state index contributed by atoms with van der Waals surface area (Å²) in [7, 11) is 1.80. The first kappa shape index (κ1) is 17.0. The zero-order valence-electron chi connectivity index (χ0n) is 13.6. The highest BCUT2D eigenvalue weighted by atomic mass is 32.1. The molecule has 0 aliphatic heterocycles. The van der Waals surface area contributed by atoms with Crippen molar-refractivity contribution in [2.45, 2.75) is 39.2 Å². The molecule has 0 aliphatic carbocycles. The van der Waals surface area contributed by atoms with E-state index in [-0.39, 0.29) is 5.41 Å². The molecule has 0 fully saturated rings. The topological polar surface area (TPSA) is 49.3 Å². The van der Waals surface area contributed by atoms with E-state index in [0.29, 0.717) is 0 Å². The van der Waals surface area contributed by atoms with Crippen LogP contribution in [0.3, 0.4) is 0 Å². The van der Waals surface area contributed by atoms with E-state index in [4.69, 9.17) is 4.98 Å². The average Bonchev–Trinajstić information content (AvgIpc) is 3.13. The van der Waals surface area contributed by atoms with Gasteiger partial charge < -0.3 is 10.6 Å². The Labute approximate surface area is 140 Å². The predicted molar refractivity (Wildman–Crippen MR) is 97.0 cm³/mol. The molecule has 2 rings (SSSR count). The minimum absolute atomic E-state index is 0.125. The van der Waals surface area contributed by atoms with Crippen LogP contribution in [-0.4, -0.2) is 24.5 Å². The van der Waals surface area contributed by atoms with Crippen molar-refractivity contribution in [3.63, 3.8) is 0 Å². The van der Waals surface area contributed by atoms with Crippen LogP contribution in [0.4, 0.5) is 0 Å². The van der Waals surface area contributed by atoms with Crippen molar-refractivity contribution >= 4 is 28.6 Å². The molecule has 0 unspecified atom stereocenters. The van der Waals surface area contributed by atoms with Crippen molar-refractivity contribution in [2.75, 3.05) is 13.6 Å². The molecule has 0 saturated carbocycles. The zero-order chi connectivity index (χ0) is 16.0. The van der Waals surface area contributed by atoms with Gasteiger partial charge in [0.2, 0.25) is 0 Å². The average molecular weight is 337 g/mol. The molecule has 2 heterocycles. The van der Waals surface area contributed by atoms with E-state index >= 15 is 0 Å². The summed E-state index contributed by atoms with van der Waals surface area (Å²) in [6, 6.07) is 4.18. The van der Waals surface area contributed by atoms with Crippen LogP contribution in [0.1, 0.15) is 36.3 Å². The third-order valence-electron chi connectivity index (χ3n) is 3.19. The van der Waals surface area contributed by atoms with Crippen molar-refractivity contribution in [2.24, 2.45) is 4.99 Å². The van der Waals surface area contributed by atoms with Crippen LogP contribution in [0.15, 0.2) is 27.9 Å². The molecule has 0 spiro atoms. The van der Waals surface area contributed by atoms with Gasteiger partial charge >= 0.3 is 0 Å². The number of thiazole rings is 1.